The minimum atomic E-state index is -4.63. The quantitative estimate of drug-likeness (QED) is 0.0195. The molecule has 0 aromatic rings. The fourth-order valence-electron chi connectivity index (χ4n) is 8.17. The number of unbranched alkanes of at least 4 members (excludes halogenated alkanes) is 25. The standard InChI is InChI=1S/C65H114NO8P/c1-6-8-10-12-14-16-18-19-20-21-22-23-24-25-26-27-28-29-30-31-32-33-34-35-36-37-38-39-40-41-42-43-44-45-46-47-48-50-52-54-56-58-65(68)74-63(62-73-75(69,70)72-60-59-66(3,4)5)61-71-64(67)57-55-53-51-49-17-15-13-11-9-7-2/h8,10-11,13-14,16,19-20,22-23,25-26,28-29,31-32,63H,6-7,9,12,15,17-18,21,24,27,30,33-62H2,1-5H3/b10-8-,13-11-,16-14-,20-19-,23-22-,26-25-,29-28-,32-31-. The van der Waals surface area contributed by atoms with Crippen LogP contribution >= 0.6 is 7.82 Å². The Morgan fingerprint density at radius 3 is 1.15 bits per heavy atom. The molecule has 432 valence electrons. The van der Waals surface area contributed by atoms with Gasteiger partial charge in [-0.3, -0.25) is 14.2 Å². The number of phosphoric ester groups is 1. The van der Waals surface area contributed by atoms with Crippen molar-refractivity contribution >= 4 is 19.8 Å². The van der Waals surface area contributed by atoms with Crippen molar-refractivity contribution in [2.75, 3.05) is 47.5 Å². The third-order valence-corrected chi connectivity index (χ3v) is 13.8. The van der Waals surface area contributed by atoms with E-state index in [0.717, 1.165) is 109 Å². The Morgan fingerprint density at radius 2 is 0.760 bits per heavy atom. The van der Waals surface area contributed by atoms with Crippen LogP contribution in [0.15, 0.2) is 97.2 Å². The highest BCUT2D eigenvalue weighted by atomic mass is 31.2. The summed E-state index contributed by atoms with van der Waals surface area (Å²) in [5, 5.41) is 0. The lowest BCUT2D eigenvalue weighted by molar-refractivity contribution is -0.870. The molecule has 0 aliphatic rings. The van der Waals surface area contributed by atoms with Gasteiger partial charge in [0.05, 0.1) is 27.7 Å². The van der Waals surface area contributed by atoms with Gasteiger partial charge in [-0.1, -0.05) is 246 Å². The highest BCUT2D eigenvalue weighted by Gasteiger charge is 2.22. The van der Waals surface area contributed by atoms with Crippen LogP contribution in [-0.4, -0.2) is 70.0 Å². The van der Waals surface area contributed by atoms with Crippen molar-refractivity contribution in [3.63, 3.8) is 0 Å². The Balaban J connectivity index is 3.89. The lowest BCUT2D eigenvalue weighted by atomic mass is 10.0. The molecular formula is C65H114NO8P. The molecule has 0 bridgehead atoms. The average molecular weight is 1070 g/mol. The first kappa shape index (κ1) is 71.9. The van der Waals surface area contributed by atoms with Crippen molar-refractivity contribution in [3.05, 3.63) is 97.2 Å². The number of hydrogen-bond donors (Lipinski definition) is 0. The normalized spacial score (nSPS) is 13.9. The van der Waals surface area contributed by atoms with E-state index in [9.17, 15) is 19.0 Å². The molecule has 0 aliphatic carbocycles. The number of carbonyl (C=O) groups is 2. The Hall–Kier alpha value is -3.07. The molecule has 75 heavy (non-hydrogen) atoms. The first-order chi connectivity index (χ1) is 36.5. The number of nitrogens with zero attached hydrogens (tertiary/aromatic N) is 1. The zero-order valence-corrected chi connectivity index (χ0v) is 49.9. The Morgan fingerprint density at radius 1 is 0.427 bits per heavy atom. The molecule has 0 N–H and O–H groups in total. The number of phosphoric acid groups is 1. The summed E-state index contributed by atoms with van der Waals surface area (Å²) in [6, 6.07) is 0. The molecule has 0 fully saturated rings. The Labute approximate surface area is 462 Å². The van der Waals surface area contributed by atoms with Gasteiger partial charge in [-0.25, -0.2) is 0 Å². The van der Waals surface area contributed by atoms with Crippen LogP contribution < -0.4 is 4.89 Å². The predicted molar refractivity (Wildman–Crippen MR) is 319 cm³/mol. The molecule has 0 rings (SSSR count). The summed E-state index contributed by atoms with van der Waals surface area (Å²) in [4.78, 5) is 37.7. The smallest absolute Gasteiger partial charge is 0.306 e. The highest BCUT2D eigenvalue weighted by Crippen LogP contribution is 2.38. The third-order valence-electron chi connectivity index (χ3n) is 12.8. The van der Waals surface area contributed by atoms with Crippen LogP contribution in [-0.2, 0) is 32.7 Å². The molecule has 0 aromatic carbocycles. The second-order valence-corrected chi connectivity index (χ2v) is 22.7. The Bertz CT molecular complexity index is 1590. The Kier molecular flexibility index (Phi) is 53.4. The van der Waals surface area contributed by atoms with Gasteiger partial charge in [0.2, 0.25) is 0 Å². The minimum absolute atomic E-state index is 0.0335. The molecule has 0 spiro atoms. The van der Waals surface area contributed by atoms with Crippen molar-refractivity contribution in [2.45, 2.75) is 258 Å². The topological polar surface area (TPSA) is 111 Å². The molecule has 0 saturated carbocycles. The third kappa shape index (κ3) is 60.0. The summed E-state index contributed by atoms with van der Waals surface area (Å²) in [5.41, 5.74) is 0. The van der Waals surface area contributed by atoms with E-state index in [-0.39, 0.29) is 26.1 Å². The van der Waals surface area contributed by atoms with Gasteiger partial charge in [0.1, 0.15) is 19.8 Å². The van der Waals surface area contributed by atoms with Gasteiger partial charge in [-0.2, -0.15) is 0 Å². The van der Waals surface area contributed by atoms with E-state index >= 15 is 0 Å². The van der Waals surface area contributed by atoms with E-state index in [0.29, 0.717) is 17.4 Å². The molecule has 10 heteroatoms. The van der Waals surface area contributed by atoms with Gasteiger partial charge >= 0.3 is 11.9 Å². The maximum atomic E-state index is 12.8. The highest BCUT2D eigenvalue weighted by molar-refractivity contribution is 7.45. The maximum Gasteiger partial charge on any atom is 0.306 e. The van der Waals surface area contributed by atoms with E-state index in [1.807, 2.05) is 21.1 Å². The summed E-state index contributed by atoms with van der Waals surface area (Å²) in [7, 11) is 1.16. The molecule has 0 aliphatic heterocycles. The maximum absolute atomic E-state index is 12.8. The average Bonchev–Trinajstić information content (AvgIpc) is 3.37. The first-order valence-corrected chi connectivity index (χ1v) is 31.9. The fourth-order valence-corrected chi connectivity index (χ4v) is 8.90. The molecule has 2 unspecified atom stereocenters. The first-order valence-electron chi connectivity index (χ1n) is 30.4. The lowest BCUT2D eigenvalue weighted by Crippen LogP contribution is -2.37. The molecule has 0 heterocycles. The van der Waals surface area contributed by atoms with Gasteiger partial charge in [0.15, 0.2) is 6.10 Å². The van der Waals surface area contributed by atoms with Crippen molar-refractivity contribution < 1.29 is 42.1 Å². The molecule has 2 atom stereocenters. The zero-order chi connectivity index (χ0) is 54.9. The number of esters is 2. The lowest BCUT2D eigenvalue weighted by Gasteiger charge is -2.28. The van der Waals surface area contributed by atoms with Gasteiger partial charge < -0.3 is 27.9 Å². The molecule has 0 saturated heterocycles. The van der Waals surface area contributed by atoms with E-state index in [1.165, 1.54) is 109 Å². The SMILES string of the molecule is CC/C=C\C/C=C\C/C=C\C/C=C\C/C=C\C/C=C\C/C=C\CCCCCCCCCCCCCCCCCCCCCC(=O)OC(COC(=O)CCCCCCC/C=C\CCC)COP(=O)([O-])OCC[N+](C)(C)C. The van der Waals surface area contributed by atoms with E-state index in [4.69, 9.17) is 18.5 Å². The van der Waals surface area contributed by atoms with E-state index < -0.39 is 32.5 Å². The fraction of sp³-hybridized carbons (Fsp3) is 0.723. The van der Waals surface area contributed by atoms with Gasteiger partial charge in [0.25, 0.3) is 7.82 Å². The number of allylic oxidation sites excluding steroid dienone is 16. The second kappa shape index (κ2) is 55.7. The molecule has 0 radical (unpaired) electrons. The minimum Gasteiger partial charge on any atom is -0.756 e. The zero-order valence-electron chi connectivity index (χ0n) is 49.0. The largest absolute Gasteiger partial charge is 0.756 e. The number of ether oxygens (including phenoxy) is 2. The van der Waals surface area contributed by atoms with E-state index in [2.05, 4.69) is 111 Å². The number of quaternary nitrogens is 1. The van der Waals surface area contributed by atoms with Crippen LogP contribution in [0.3, 0.4) is 0 Å². The van der Waals surface area contributed by atoms with Gasteiger partial charge in [-0.05, 0) is 89.9 Å². The number of carbonyl (C=O) groups excluding carboxylic acids is 2. The molecule has 0 aromatic heterocycles. The van der Waals surface area contributed by atoms with Gasteiger partial charge in [-0.15, -0.1) is 0 Å². The van der Waals surface area contributed by atoms with Crippen molar-refractivity contribution in [3.8, 4) is 0 Å². The molecule has 0 amide bonds. The van der Waals surface area contributed by atoms with Crippen LogP contribution in [0.1, 0.15) is 251 Å². The summed E-state index contributed by atoms with van der Waals surface area (Å²) >= 11 is 0. The molecular weight excluding hydrogens is 954 g/mol. The second-order valence-electron chi connectivity index (χ2n) is 21.3. The van der Waals surface area contributed by atoms with Crippen LogP contribution in [0.25, 0.3) is 0 Å². The summed E-state index contributed by atoms with van der Waals surface area (Å²) in [6.45, 7) is 4.05. The summed E-state index contributed by atoms with van der Waals surface area (Å²) < 4.78 is 34.0. The van der Waals surface area contributed by atoms with Crippen LogP contribution in [0, 0.1) is 0 Å². The van der Waals surface area contributed by atoms with Gasteiger partial charge in [0, 0.05) is 12.8 Å². The van der Waals surface area contributed by atoms with Crippen LogP contribution in [0.4, 0.5) is 0 Å². The van der Waals surface area contributed by atoms with E-state index in [1.54, 1.807) is 0 Å². The van der Waals surface area contributed by atoms with Crippen LogP contribution in [0.5, 0.6) is 0 Å². The van der Waals surface area contributed by atoms with Crippen molar-refractivity contribution in [1.29, 1.82) is 0 Å². The number of hydrogen-bond acceptors (Lipinski definition) is 8. The number of rotatable bonds is 55. The predicted octanol–water partition coefficient (Wildman–Crippen LogP) is 18.6. The summed E-state index contributed by atoms with van der Waals surface area (Å²) in [6.07, 6.45) is 76.4. The monoisotopic (exact) mass is 1070 g/mol. The molecule has 9 nitrogen and oxygen atoms in total. The number of likely N-dealkylation sites (N-methyl/N-ethyl adjacent to an activating group) is 1. The van der Waals surface area contributed by atoms with Crippen molar-refractivity contribution in [1.82, 2.24) is 0 Å². The van der Waals surface area contributed by atoms with Crippen LogP contribution in [0.2, 0.25) is 0 Å². The summed E-state index contributed by atoms with van der Waals surface area (Å²) in [5.74, 6) is -0.843. The van der Waals surface area contributed by atoms with Crippen molar-refractivity contribution in [2.24, 2.45) is 0 Å².